The van der Waals surface area contributed by atoms with Crippen LogP contribution >= 0.6 is 0 Å². The molecule has 0 radical (unpaired) electrons. The summed E-state index contributed by atoms with van der Waals surface area (Å²) in [4.78, 5) is 16.2. The van der Waals surface area contributed by atoms with Gasteiger partial charge in [-0.2, -0.15) is 0 Å². The topological polar surface area (TPSA) is 56.3 Å². The molecule has 0 saturated carbocycles. The minimum atomic E-state index is -0.708. The summed E-state index contributed by atoms with van der Waals surface area (Å²) >= 11 is 0. The molecule has 1 saturated heterocycles. The van der Waals surface area contributed by atoms with Gasteiger partial charge in [-0.05, 0) is 43.5 Å². The molecule has 2 atom stereocenters. The van der Waals surface area contributed by atoms with E-state index in [9.17, 15) is 4.79 Å². The number of H-pyrrole nitrogens is 1. The summed E-state index contributed by atoms with van der Waals surface area (Å²) in [6.45, 7) is 2.08. The minimum absolute atomic E-state index is 0.147. The highest BCUT2D eigenvalue weighted by molar-refractivity contribution is 5.68. The molecule has 4 nitrogen and oxygen atoms in total. The fourth-order valence-electron chi connectivity index (χ4n) is 2.61. The highest BCUT2D eigenvalue weighted by Gasteiger charge is 2.30. The van der Waals surface area contributed by atoms with E-state index in [4.69, 9.17) is 5.11 Å². The maximum atomic E-state index is 10.9. The smallest absolute Gasteiger partial charge is 0.303 e. The van der Waals surface area contributed by atoms with Gasteiger partial charge in [0.1, 0.15) is 0 Å². The summed E-state index contributed by atoms with van der Waals surface area (Å²) < 4.78 is 0. The quantitative estimate of drug-likeness (QED) is 0.812. The predicted molar refractivity (Wildman–Crippen MR) is 61.4 cm³/mol. The van der Waals surface area contributed by atoms with Gasteiger partial charge in [0, 0.05) is 18.9 Å². The first-order chi connectivity index (χ1) is 7.66. The van der Waals surface area contributed by atoms with E-state index in [2.05, 4.69) is 16.9 Å². The lowest BCUT2D eigenvalue weighted by molar-refractivity contribution is -0.137. The van der Waals surface area contributed by atoms with E-state index >= 15 is 0 Å². The standard InChI is InChI=1S/C12H18N2O2/c1-14-5-3-10(8-14)11(6-12(15)16)9-2-4-13-7-9/h2,4,7,10-11,13H,3,5-6,8H2,1H3,(H,15,16). The predicted octanol–water partition coefficient (Wildman–Crippen LogP) is 1.52. The van der Waals surface area contributed by atoms with Crippen LogP contribution in [0.1, 0.15) is 24.3 Å². The highest BCUT2D eigenvalue weighted by atomic mass is 16.4. The Morgan fingerprint density at radius 1 is 1.75 bits per heavy atom. The Morgan fingerprint density at radius 3 is 3.06 bits per heavy atom. The Morgan fingerprint density at radius 2 is 2.56 bits per heavy atom. The zero-order chi connectivity index (χ0) is 11.5. The summed E-state index contributed by atoms with van der Waals surface area (Å²) in [6.07, 6.45) is 5.12. The van der Waals surface area contributed by atoms with E-state index in [0.29, 0.717) is 5.92 Å². The number of aromatic nitrogens is 1. The van der Waals surface area contributed by atoms with Crippen LogP contribution in [0.2, 0.25) is 0 Å². The first-order valence-corrected chi connectivity index (χ1v) is 5.70. The average Bonchev–Trinajstić information content (AvgIpc) is 2.84. The van der Waals surface area contributed by atoms with Gasteiger partial charge < -0.3 is 15.0 Å². The molecule has 0 amide bonds. The van der Waals surface area contributed by atoms with Crippen molar-refractivity contribution < 1.29 is 9.90 Å². The number of carboxylic acid groups (broad SMARTS) is 1. The summed E-state index contributed by atoms with van der Waals surface area (Å²) in [6, 6.07) is 1.99. The van der Waals surface area contributed by atoms with Crippen molar-refractivity contribution in [1.29, 1.82) is 0 Å². The number of nitrogens with one attached hydrogen (secondary N) is 1. The van der Waals surface area contributed by atoms with Crippen molar-refractivity contribution in [3.05, 3.63) is 24.0 Å². The van der Waals surface area contributed by atoms with Crippen LogP contribution in [0.4, 0.5) is 0 Å². The molecular formula is C12H18N2O2. The zero-order valence-electron chi connectivity index (χ0n) is 9.52. The van der Waals surface area contributed by atoms with E-state index in [1.165, 1.54) is 0 Å². The van der Waals surface area contributed by atoms with Crippen LogP contribution in [0.3, 0.4) is 0 Å². The van der Waals surface area contributed by atoms with Crippen molar-refractivity contribution in [2.24, 2.45) is 5.92 Å². The number of rotatable bonds is 4. The number of likely N-dealkylation sites (tertiary alicyclic amines) is 1. The summed E-state index contributed by atoms with van der Waals surface area (Å²) in [7, 11) is 2.09. The molecule has 0 aromatic carbocycles. The number of carboxylic acids is 1. The molecule has 16 heavy (non-hydrogen) atoms. The van der Waals surface area contributed by atoms with Gasteiger partial charge in [0.15, 0.2) is 0 Å². The van der Waals surface area contributed by atoms with E-state index in [-0.39, 0.29) is 12.3 Å². The molecule has 0 aliphatic carbocycles. The van der Waals surface area contributed by atoms with Crippen LogP contribution in [0, 0.1) is 5.92 Å². The lowest BCUT2D eigenvalue weighted by Crippen LogP contribution is -2.20. The summed E-state index contributed by atoms with van der Waals surface area (Å²) in [5, 5.41) is 8.99. The van der Waals surface area contributed by atoms with Crippen molar-refractivity contribution in [3.63, 3.8) is 0 Å². The maximum Gasteiger partial charge on any atom is 0.303 e. The SMILES string of the molecule is CN1CCC(C(CC(=O)O)c2cc[nH]c2)C1. The lowest BCUT2D eigenvalue weighted by Gasteiger charge is -2.21. The van der Waals surface area contributed by atoms with E-state index in [1.807, 2.05) is 18.5 Å². The van der Waals surface area contributed by atoms with Gasteiger partial charge in [-0.1, -0.05) is 0 Å². The molecule has 4 heteroatoms. The van der Waals surface area contributed by atoms with Gasteiger partial charge in [-0.3, -0.25) is 4.79 Å². The molecular weight excluding hydrogens is 204 g/mol. The molecule has 2 N–H and O–H groups in total. The third kappa shape index (κ3) is 2.44. The Kier molecular flexibility index (Phi) is 3.29. The van der Waals surface area contributed by atoms with Gasteiger partial charge >= 0.3 is 5.97 Å². The normalized spacial score (nSPS) is 23.4. The van der Waals surface area contributed by atoms with Crippen molar-refractivity contribution in [2.75, 3.05) is 20.1 Å². The molecule has 1 aliphatic rings. The van der Waals surface area contributed by atoms with Crippen LogP contribution in [0.25, 0.3) is 0 Å². The molecule has 2 unspecified atom stereocenters. The summed E-state index contributed by atoms with van der Waals surface area (Å²) in [5.41, 5.74) is 1.13. The number of hydrogen-bond acceptors (Lipinski definition) is 2. The van der Waals surface area contributed by atoms with Crippen molar-refractivity contribution in [3.8, 4) is 0 Å². The Hall–Kier alpha value is -1.29. The monoisotopic (exact) mass is 222 g/mol. The molecule has 1 aromatic heterocycles. The van der Waals surface area contributed by atoms with Gasteiger partial charge in [0.2, 0.25) is 0 Å². The van der Waals surface area contributed by atoms with Gasteiger partial charge in [0.25, 0.3) is 0 Å². The molecule has 1 aromatic rings. The van der Waals surface area contributed by atoms with Crippen LogP contribution in [0.5, 0.6) is 0 Å². The Balaban J connectivity index is 2.11. The van der Waals surface area contributed by atoms with Crippen molar-refractivity contribution in [1.82, 2.24) is 9.88 Å². The molecule has 0 spiro atoms. The molecule has 2 rings (SSSR count). The third-order valence-electron chi connectivity index (χ3n) is 3.44. The maximum absolute atomic E-state index is 10.9. The van der Waals surface area contributed by atoms with Crippen LogP contribution in [-0.4, -0.2) is 41.1 Å². The number of aliphatic carboxylic acids is 1. The molecule has 88 valence electrons. The Labute approximate surface area is 95.3 Å². The van der Waals surface area contributed by atoms with Gasteiger partial charge in [-0.25, -0.2) is 0 Å². The lowest BCUT2D eigenvalue weighted by atomic mass is 9.84. The van der Waals surface area contributed by atoms with E-state index in [1.54, 1.807) is 0 Å². The minimum Gasteiger partial charge on any atom is -0.481 e. The van der Waals surface area contributed by atoms with E-state index < -0.39 is 5.97 Å². The first kappa shape index (κ1) is 11.2. The van der Waals surface area contributed by atoms with Crippen LogP contribution in [0.15, 0.2) is 18.5 Å². The molecule has 2 heterocycles. The number of carbonyl (C=O) groups is 1. The second-order valence-corrected chi connectivity index (χ2v) is 4.66. The number of nitrogens with zero attached hydrogens (tertiary/aromatic N) is 1. The van der Waals surface area contributed by atoms with Crippen molar-refractivity contribution in [2.45, 2.75) is 18.8 Å². The first-order valence-electron chi connectivity index (χ1n) is 5.70. The average molecular weight is 222 g/mol. The number of aromatic amines is 1. The molecule has 1 aliphatic heterocycles. The fourth-order valence-corrected chi connectivity index (χ4v) is 2.61. The highest BCUT2D eigenvalue weighted by Crippen LogP contribution is 2.33. The molecule has 1 fully saturated rings. The van der Waals surface area contributed by atoms with Crippen LogP contribution in [-0.2, 0) is 4.79 Å². The zero-order valence-corrected chi connectivity index (χ0v) is 9.52. The van der Waals surface area contributed by atoms with Gasteiger partial charge in [-0.15, -0.1) is 0 Å². The van der Waals surface area contributed by atoms with Crippen molar-refractivity contribution >= 4 is 5.97 Å². The van der Waals surface area contributed by atoms with Gasteiger partial charge in [0.05, 0.1) is 6.42 Å². The third-order valence-corrected chi connectivity index (χ3v) is 3.44. The fraction of sp³-hybridized carbons (Fsp3) is 0.583. The Bertz CT molecular complexity index is 348. The largest absolute Gasteiger partial charge is 0.481 e. The second kappa shape index (κ2) is 4.70. The van der Waals surface area contributed by atoms with Crippen LogP contribution < -0.4 is 0 Å². The summed E-state index contributed by atoms with van der Waals surface area (Å²) in [5.74, 6) is -0.0913. The van der Waals surface area contributed by atoms with E-state index in [0.717, 1.165) is 25.1 Å². The molecule has 0 bridgehead atoms. The second-order valence-electron chi connectivity index (χ2n) is 4.66. The number of hydrogen-bond donors (Lipinski definition) is 2.